The van der Waals surface area contributed by atoms with Crippen LogP contribution in [0, 0.1) is 6.92 Å². The number of aromatic nitrogens is 2. The summed E-state index contributed by atoms with van der Waals surface area (Å²) >= 11 is 3.51. The molecule has 0 atom stereocenters. The topological polar surface area (TPSA) is 132 Å². The molecule has 0 amide bonds. The molecular formula is C29H32BrN5O5. The van der Waals surface area contributed by atoms with Crippen LogP contribution in [-0.4, -0.2) is 68.1 Å². The van der Waals surface area contributed by atoms with Crippen LogP contribution >= 0.6 is 15.9 Å². The van der Waals surface area contributed by atoms with Crippen molar-refractivity contribution in [3.63, 3.8) is 0 Å². The molecule has 0 spiro atoms. The maximum absolute atomic E-state index is 13.6. The monoisotopic (exact) mass is 609 g/mol. The molecule has 3 aromatic carbocycles. The van der Waals surface area contributed by atoms with Gasteiger partial charge in [0.1, 0.15) is 6.79 Å². The summed E-state index contributed by atoms with van der Waals surface area (Å²) in [6.45, 7) is 6.90. The number of hydrogen-bond donors (Lipinski definition) is 2. The fourth-order valence-electron chi connectivity index (χ4n) is 4.34. The van der Waals surface area contributed by atoms with Gasteiger partial charge >= 0.3 is 0 Å². The van der Waals surface area contributed by atoms with Crippen LogP contribution in [0.25, 0.3) is 27.7 Å². The molecule has 10 nitrogen and oxygen atoms in total. The number of halogens is 1. The standard InChI is InChI=1S/C26H24BrN5O3.C2H6O.CH2O/c1-16-6-7-20(31-8-10-35-11-9-31)15-23(16)32-26(33)22-5-3-2-4-21(22)24(29-32)17-12-18(25(28)30-34)14-19(27)13-17;1-3-2;1-2/h2-7,12-15,34H,8-11H2,1H3,(H2,28,30);1-2H3;1H2. The molecule has 4 aromatic rings. The smallest absolute Gasteiger partial charge is 0.279 e. The van der Waals surface area contributed by atoms with Crippen LogP contribution in [0.2, 0.25) is 0 Å². The normalized spacial score (nSPS) is 13.2. The van der Waals surface area contributed by atoms with Crippen LogP contribution in [0.1, 0.15) is 11.1 Å². The number of rotatable bonds is 4. The number of carbonyl (C=O) groups is 1. The number of carbonyl (C=O) groups excluding carboxylic acids is 1. The number of oxime groups is 1. The fourth-order valence-corrected chi connectivity index (χ4v) is 4.84. The van der Waals surface area contributed by atoms with E-state index in [1.165, 1.54) is 4.68 Å². The third-order valence-corrected chi connectivity index (χ3v) is 6.63. The first-order valence-corrected chi connectivity index (χ1v) is 13.1. The lowest BCUT2D eigenvalue weighted by molar-refractivity contribution is -0.0980. The lowest BCUT2D eigenvalue weighted by Crippen LogP contribution is -2.36. The number of nitrogens with two attached hydrogens (primary N) is 1. The number of ether oxygens (including phenoxy) is 2. The molecule has 0 aliphatic carbocycles. The molecule has 0 bridgehead atoms. The molecule has 210 valence electrons. The Morgan fingerprint density at radius 2 is 1.73 bits per heavy atom. The van der Waals surface area contributed by atoms with Crippen molar-refractivity contribution in [3.05, 3.63) is 86.6 Å². The van der Waals surface area contributed by atoms with Crippen LogP contribution < -0.4 is 16.2 Å². The van der Waals surface area contributed by atoms with Gasteiger partial charge in [0.15, 0.2) is 5.84 Å². The third kappa shape index (κ3) is 6.74. The molecule has 0 saturated carbocycles. The second-order valence-electron chi connectivity index (χ2n) is 8.80. The average Bonchev–Trinajstić information content (AvgIpc) is 2.99. The molecule has 2 heterocycles. The summed E-state index contributed by atoms with van der Waals surface area (Å²) in [6, 6.07) is 18.9. The predicted octanol–water partition coefficient (Wildman–Crippen LogP) is 4.13. The van der Waals surface area contributed by atoms with Gasteiger partial charge in [0, 0.05) is 54.0 Å². The van der Waals surface area contributed by atoms with E-state index in [0.717, 1.165) is 45.5 Å². The lowest BCUT2D eigenvalue weighted by Gasteiger charge is -2.29. The summed E-state index contributed by atoms with van der Waals surface area (Å²) in [5, 5.41) is 18.4. The van der Waals surface area contributed by atoms with Crippen LogP contribution in [0.4, 0.5) is 5.69 Å². The van der Waals surface area contributed by atoms with E-state index in [1.54, 1.807) is 26.4 Å². The van der Waals surface area contributed by atoms with Crippen molar-refractivity contribution in [1.29, 1.82) is 0 Å². The summed E-state index contributed by atoms with van der Waals surface area (Å²) in [6.07, 6.45) is 0. The summed E-state index contributed by atoms with van der Waals surface area (Å²) in [4.78, 5) is 23.9. The second-order valence-corrected chi connectivity index (χ2v) is 9.72. The van der Waals surface area contributed by atoms with Crippen molar-refractivity contribution in [2.45, 2.75) is 6.92 Å². The van der Waals surface area contributed by atoms with Gasteiger partial charge in [0.05, 0.1) is 30.0 Å². The first-order chi connectivity index (χ1) is 19.4. The molecule has 3 N–H and O–H groups in total. The zero-order valence-corrected chi connectivity index (χ0v) is 24.2. The molecule has 1 saturated heterocycles. The number of anilines is 1. The number of aryl methyl sites for hydroxylation is 1. The predicted molar refractivity (Wildman–Crippen MR) is 161 cm³/mol. The Balaban J connectivity index is 0.000000827. The van der Waals surface area contributed by atoms with Gasteiger partial charge in [-0.1, -0.05) is 45.4 Å². The largest absolute Gasteiger partial charge is 0.409 e. The molecule has 5 rings (SSSR count). The van der Waals surface area contributed by atoms with Crippen molar-refractivity contribution >= 4 is 45.0 Å². The van der Waals surface area contributed by atoms with Gasteiger partial charge in [-0.15, -0.1) is 0 Å². The minimum atomic E-state index is -0.196. The Morgan fingerprint density at radius 1 is 1.07 bits per heavy atom. The SMILES string of the molecule is C=O.COC.Cc1ccc(N2CCOCC2)cc1-n1nc(-c2cc(Br)cc(/C(N)=N/O)c2)c2ccccc2c1=O. The summed E-state index contributed by atoms with van der Waals surface area (Å²) in [7, 11) is 3.25. The highest BCUT2D eigenvalue weighted by atomic mass is 79.9. The molecule has 1 aliphatic rings. The maximum Gasteiger partial charge on any atom is 0.279 e. The highest BCUT2D eigenvalue weighted by Crippen LogP contribution is 2.30. The molecule has 1 aromatic heterocycles. The maximum atomic E-state index is 13.6. The van der Waals surface area contributed by atoms with Crippen molar-refractivity contribution < 1.29 is 19.5 Å². The van der Waals surface area contributed by atoms with Gasteiger partial charge in [-0.25, -0.2) is 0 Å². The lowest BCUT2D eigenvalue weighted by atomic mass is 10.0. The van der Waals surface area contributed by atoms with E-state index < -0.39 is 0 Å². The summed E-state index contributed by atoms with van der Waals surface area (Å²) < 4.78 is 12.0. The number of hydrogen-bond acceptors (Lipinski definition) is 8. The highest BCUT2D eigenvalue weighted by Gasteiger charge is 2.18. The van der Waals surface area contributed by atoms with Gasteiger partial charge in [0.2, 0.25) is 0 Å². The first kappa shape index (κ1) is 30.5. The average molecular weight is 611 g/mol. The first-order valence-electron chi connectivity index (χ1n) is 12.3. The van der Waals surface area contributed by atoms with Gasteiger partial charge < -0.3 is 30.1 Å². The zero-order valence-electron chi connectivity index (χ0n) is 22.6. The number of benzene rings is 3. The van der Waals surface area contributed by atoms with Crippen LogP contribution in [0.3, 0.4) is 0 Å². The number of morpholine rings is 1. The Kier molecular flexibility index (Phi) is 10.9. The van der Waals surface area contributed by atoms with Crippen LogP contribution in [0.15, 0.2) is 75.1 Å². The molecule has 0 radical (unpaired) electrons. The van der Waals surface area contributed by atoms with Gasteiger partial charge in [0.25, 0.3) is 5.56 Å². The Morgan fingerprint density at radius 3 is 2.38 bits per heavy atom. The molecule has 40 heavy (non-hydrogen) atoms. The van der Waals surface area contributed by atoms with Crippen LogP contribution in [0.5, 0.6) is 0 Å². The minimum Gasteiger partial charge on any atom is -0.409 e. The third-order valence-electron chi connectivity index (χ3n) is 6.18. The number of methoxy groups -OCH3 is 1. The summed E-state index contributed by atoms with van der Waals surface area (Å²) in [5.41, 5.74) is 10.2. The zero-order chi connectivity index (χ0) is 29.2. The van der Waals surface area contributed by atoms with Crippen molar-refractivity contribution in [2.24, 2.45) is 10.9 Å². The quantitative estimate of drug-likeness (QED) is 0.153. The van der Waals surface area contributed by atoms with Gasteiger partial charge in [-0.3, -0.25) is 4.79 Å². The van der Waals surface area contributed by atoms with E-state index in [0.29, 0.717) is 29.9 Å². The number of amidine groups is 1. The second kappa shape index (κ2) is 14.4. The van der Waals surface area contributed by atoms with E-state index >= 15 is 0 Å². The Hall–Kier alpha value is -4.06. The molecule has 11 heteroatoms. The molecule has 0 unspecified atom stereocenters. The molecule has 1 aliphatic heterocycles. The minimum absolute atomic E-state index is 0.0146. The van der Waals surface area contributed by atoms with Crippen molar-refractivity contribution in [3.8, 4) is 16.9 Å². The summed E-state index contributed by atoms with van der Waals surface area (Å²) in [5.74, 6) is -0.0146. The van der Waals surface area contributed by atoms with Crippen LogP contribution in [-0.2, 0) is 14.3 Å². The van der Waals surface area contributed by atoms with E-state index in [-0.39, 0.29) is 11.4 Å². The fraction of sp³-hybridized carbons (Fsp3) is 0.241. The van der Waals surface area contributed by atoms with Gasteiger partial charge in [-0.05, 0) is 48.9 Å². The number of nitrogens with zero attached hydrogens (tertiary/aromatic N) is 4. The van der Waals surface area contributed by atoms with Crippen molar-refractivity contribution in [2.75, 3.05) is 45.4 Å². The highest BCUT2D eigenvalue weighted by molar-refractivity contribution is 9.10. The van der Waals surface area contributed by atoms with E-state index in [4.69, 9.17) is 20.4 Å². The Labute approximate surface area is 240 Å². The van der Waals surface area contributed by atoms with E-state index in [2.05, 4.69) is 36.8 Å². The molecular weight excluding hydrogens is 578 g/mol. The van der Waals surface area contributed by atoms with Gasteiger partial charge in [-0.2, -0.15) is 9.78 Å². The van der Waals surface area contributed by atoms with Crippen molar-refractivity contribution in [1.82, 2.24) is 9.78 Å². The number of fused-ring (bicyclic) bond motifs is 1. The molecule has 1 fully saturated rings. The van der Waals surface area contributed by atoms with E-state index in [9.17, 15) is 10.0 Å². The van der Waals surface area contributed by atoms with E-state index in [1.807, 2.05) is 56.2 Å². The Bertz CT molecular complexity index is 1550.